The Labute approximate surface area is 129 Å². The highest BCUT2D eigenvalue weighted by atomic mass is 18.2. The fraction of sp³-hybridized carbons (Fsp3) is 0.235. The molecule has 2 aromatic carbocycles. The number of amides is 1. The number of hydrogen-bond acceptors (Lipinski definition) is 3. The summed E-state index contributed by atoms with van der Waals surface area (Å²) in [5.74, 6) is 0.0529. The molecule has 0 radical (unpaired) electrons. The quantitative estimate of drug-likeness (QED) is 0.825. The van der Waals surface area contributed by atoms with Gasteiger partial charge in [-0.1, -0.05) is 24.3 Å². The summed E-state index contributed by atoms with van der Waals surface area (Å²) in [7, 11) is 0. The van der Waals surface area contributed by atoms with E-state index in [1.54, 1.807) is 13.0 Å². The van der Waals surface area contributed by atoms with E-state index in [1.165, 1.54) is 12.1 Å². The molecule has 2 aromatic rings. The number of nitrogens with two attached hydrogens (primary N) is 1. The van der Waals surface area contributed by atoms with E-state index in [0.29, 0.717) is 18.9 Å². The van der Waals surface area contributed by atoms with Gasteiger partial charge in [0.15, 0.2) is 0 Å². The van der Waals surface area contributed by atoms with Crippen molar-refractivity contribution in [3.05, 3.63) is 65.5 Å². The zero-order valence-corrected chi connectivity index (χ0v) is 12.4. The predicted molar refractivity (Wildman–Crippen MR) is 82.7 cm³/mol. The topological polar surface area (TPSA) is 64.3 Å². The molecule has 22 heavy (non-hydrogen) atoms. The lowest BCUT2D eigenvalue weighted by Crippen LogP contribution is -2.38. The van der Waals surface area contributed by atoms with E-state index in [0.717, 1.165) is 11.1 Å². The molecule has 0 aliphatic rings. The Hall–Kier alpha value is -2.40. The summed E-state index contributed by atoms with van der Waals surface area (Å²) in [5, 5.41) is 3.02. The fourth-order valence-electron chi connectivity index (χ4n) is 1.87. The lowest BCUT2D eigenvalue weighted by atomic mass is 10.2. The van der Waals surface area contributed by atoms with Gasteiger partial charge in [0.2, 0.25) is 5.91 Å². The third kappa shape index (κ3) is 4.86. The molecule has 0 saturated heterocycles. The molecule has 3 N–H and O–H groups in total. The molecule has 5 heteroatoms. The average molecular weight is 301 g/mol. The van der Waals surface area contributed by atoms with Crippen molar-refractivity contribution in [2.75, 3.05) is 0 Å². The molecule has 0 bridgehead atoms. The van der Waals surface area contributed by atoms with Gasteiger partial charge in [0.25, 0.3) is 0 Å². The molecular formula is C17H19FN2O2. The van der Waals surface area contributed by atoms with Gasteiger partial charge in [0, 0.05) is 6.54 Å². The van der Waals surface area contributed by atoms with Crippen LogP contribution in [0.3, 0.4) is 0 Å². The van der Waals surface area contributed by atoms with Crippen LogP contribution in [0.4, 0.5) is 4.39 Å². The second kappa shape index (κ2) is 7.56. The number of ether oxygens (including phenoxy) is 1. The van der Waals surface area contributed by atoms with E-state index in [9.17, 15) is 9.18 Å². The van der Waals surface area contributed by atoms with Crippen molar-refractivity contribution in [2.45, 2.75) is 26.1 Å². The Balaban J connectivity index is 1.85. The van der Waals surface area contributed by atoms with Gasteiger partial charge >= 0.3 is 0 Å². The first-order valence-electron chi connectivity index (χ1n) is 7.03. The molecule has 0 saturated carbocycles. The van der Waals surface area contributed by atoms with Gasteiger partial charge in [0.1, 0.15) is 18.2 Å². The molecule has 0 aromatic heterocycles. The molecule has 4 nitrogen and oxygen atoms in total. The van der Waals surface area contributed by atoms with Gasteiger partial charge in [0.05, 0.1) is 6.04 Å². The zero-order chi connectivity index (χ0) is 15.9. The largest absolute Gasteiger partial charge is 0.489 e. The normalized spacial score (nSPS) is 11.9. The number of nitrogens with one attached hydrogen (secondary N) is 1. The minimum atomic E-state index is -0.380. The number of benzene rings is 2. The van der Waals surface area contributed by atoms with E-state index < -0.39 is 0 Å². The highest BCUT2D eigenvalue weighted by molar-refractivity contribution is 5.79. The van der Waals surface area contributed by atoms with Crippen LogP contribution in [-0.2, 0) is 17.9 Å². The Morgan fingerprint density at radius 2 is 1.95 bits per heavy atom. The Bertz CT molecular complexity index is 629. The molecule has 0 fully saturated rings. The number of primary amides is 1. The lowest BCUT2D eigenvalue weighted by Gasteiger charge is -2.11. The van der Waals surface area contributed by atoms with Crippen molar-refractivity contribution in [2.24, 2.45) is 5.73 Å². The standard InChI is InChI=1S/C17H19FN2O2/c1-12(17(19)21)20-10-13-5-7-16(8-6-13)22-11-14-3-2-4-15(18)9-14/h2-9,12,20H,10-11H2,1H3,(H2,19,21)/t12-/m0/s1/i18-1. The minimum Gasteiger partial charge on any atom is -0.489 e. The van der Waals surface area contributed by atoms with Crippen LogP contribution in [0.5, 0.6) is 5.75 Å². The Morgan fingerprint density at radius 1 is 1.23 bits per heavy atom. The average Bonchev–Trinajstić information content (AvgIpc) is 2.51. The van der Waals surface area contributed by atoms with E-state index in [4.69, 9.17) is 10.5 Å². The lowest BCUT2D eigenvalue weighted by molar-refractivity contribution is -0.119. The van der Waals surface area contributed by atoms with Crippen molar-refractivity contribution in [3.8, 4) is 5.75 Å². The maximum atomic E-state index is 13.1. The van der Waals surface area contributed by atoms with Gasteiger partial charge in [-0.05, 0) is 42.3 Å². The molecule has 1 amide bonds. The zero-order valence-electron chi connectivity index (χ0n) is 12.4. The summed E-state index contributed by atoms with van der Waals surface area (Å²) in [6, 6.07) is 13.4. The van der Waals surface area contributed by atoms with Gasteiger partial charge in [-0.3, -0.25) is 4.79 Å². The first kappa shape index (κ1) is 16.0. The van der Waals surface area contributed by atoms with Crippen molar-refractivity contribution < 1.29 is 13.9 Å². The number of halogens is 1. The maximum Gasteiger partial charge on any atom is 0.234 e. The van der Waals surface area contributed by atoms with Gasteiger partial charge in [-0.15, -0.1) is 0 Å². The van der Waals surface area contributed by atoms with Crippen LogP contribution in [0.25, 0.3) is 0 Å². The number of carbonyl (C=O) groups excluding carboxylic acids is 1. The molecule has 1 atom stereocenters. The van der Waals surface area contributed by atoms with Crippen LogP contribution in [0.2, 0.25) is 0 Å². The SMILES string of the molecule is C[C@H](NCc1ccc(OCc2cccc([18F])c2)cc1)C(N)=O. The van der Waals surface area contributed by atoms with Gasteiger partial charge < -0.3 is 15.8 Å². The number of hydrogen-bond donors (Lipinski definition) is 2. The fourth-order valence-corrected chi connectivity index (χ4v) is 1.87. The smallest absolute Gasteiger partial charge is 0.234 e. The van der Waals surface area contributed by atoms with Crippen molar-refractivity contribution >= 4 is 5.91 Å². The summed E-state index contributed by atoms with van der Waals surface area (Å²) in [4.78, 5) is 10.9. The van der Waals surface area contributed by atoms with Crippen molar-refractivity contribution in [1.82, 2.24) is 5.32 Å². The summed E-state index contributed by atoms with van der Waals surface area (Å²) < 4.78 is 18.7. The summed E-state index contributed by atoms with van der Waals surface area (Å²) in [5.41, 5.74) is 6.98. The molecule has 0 heterocycles. The minimum absolute atomic E-state index is 0.272. The van der Waals surface area contributed by atoms with E-state index in [-0.39, 0.29) is 17.8 Å². The number of rotatable bonds is 7. The second-order valence-corrected chi connectivity index (χ2v) is 5.07. The molecule has 116 valence electrons. The van der Waals surface area contributed by atoms with Crippen LogP contribution >= 0.6 is 0 Å². The molecule has 0 aliphatic carbocycles. The van der Waals surface area contributed by atoms with Crippen LogP contribution in [-0.4, -0.2) is 11.9 Å². The van der Waals surface area contributed by atoms with Crippen LogP contribution in [0, 0.1) is 5.82 Å². The van der Waals surface area contributed by atoms with E-state index in [2.05, 4.69) is 5.32 Å². The first-order valence-corrected chi connectivity index (χ1v) is 7.03. The molecular weight excluding hydrogens is 282 g/mol. The molecule has 0 aliphatic heterocycles. The van der Waals surface area contributed by atoms with Gasteiger partial charge in [-0.2, -0.15) is 0 Å². The summed E-state index contributed by atoms with van der Waals surface area (Å²) in [6.07, 6.45) is 0. The Kier molecular flexibility index (Phi) is 5.49. The van der Waals surface area contributed by atoms with Crippen LogP contribution in [0.1, 0.15) is 18.1 Å². The summed E-state index contributed by atoms with van der Waals surface area (Å²) in [6.45, 7) is 2.58. The summed E-state index contributed by atoms with van der Waals surface area (Å²) >= 11 is 0. The highest BCUT2D eigenvalue weighted by Crippen LogP contribution is 2.14. The Morgan fingerprint density at radius 3 is 2.59 bits per heavy atom. The monoisotopic (exact) mass is 301 g/mol. The van der Waals surface area contributed by atoms with Crippen molar-refractivity contribution in [3.63, 3.8) is 0 Å². The van der Waals surface area contributed by atoms with Crippen LogP contribution < -0.4 is 15.8 Å². The first-order chi connectivity index (χ1) is 10.5. The maximum absolute atomic E-state index is 13.1. The molecule has 0 unspecified atom stereocenters. The number of carbonyl (C=O) groups is 1. The molecule has 0 spiro atoms. The second-order valence-electron chi connectivity index (χ2n) is 5.07. The predicted octanol–water partition coefficient (Wildman–Crippen LogP) is 2.37. The third-order valence-electron chi connectivity index (χ3n) is 3.26. The molecule has 2 rings (SSSR count). The van der Waals surface area contributed by atoms with Gasteiger partial charge in [-0.25, -0.2) is 4.39 Å². The van der Waals surface area contributed by atoms with Crippen LogP contribution in [0.15, 0.2) is 48.5 Å². The van der Waals surface area contributed by atoms with E-state index in [1.807, 2.05) is 30.3 Å². The van der Waals surface area contributed by atoms with E-state index >= 15 is 0 Å². The third-order valence-corrected chi connectivity index (χ3v) is 3.26. The highest BCUT2D eigenvalue weighted by Gasteiger charge is 2.07. The van der Waals surface area contributed by atoms with Crippen molar-refractivity contribution in [1.29, 1.82) is 0 Å².